The fourth-order valence-corrected chi connectivity index (χ4v) is 1.36. The minimum absolute atomic E-state index is 0.613. The van der Waals surface area contributed by atoms with E-state index in [0.717, 1.165) is 17.0 Å². The number of anilines is 1. The molecule has 2 heteroatoms. The fourth-order valence-electron chi connectivity index (χ4n) is 1.36. The van der Waals surface area contributed by atoms with Crippen LogP contribution in [0.25, 0.3) is 0 Å². The minimum Gasteiger partial charge on any atom is -0.439 e. The second-order valence-corrected chi connectivity index (χ2v) is 3.05. The van der Waals surface area contributed by atoms with Crippen molar-refractivity contribution in [1.29, 1.82) is 0 Å². The minimum atomic E-state index is 0.613. The second kappa shape index (κ2) is 2.27. The fraction of sp³-hybridized carbons (Fsp3) is 0.200. The highest BCUT2D eigenvalue weighted by Crippen LogP contribution is 2.38. The van der Waals surface area contributed by atoms with Crippen LogP contribution in [0.1, 0.15) is 11.1 Å². The van der Waals surface area contributed by atoms with E-state index < -0.39 is 0 Å². The summed E-state index contributed by atoms with van der Waals surface area (Å²) in [6, 6.07) is 4.12. The lowest BCUT2D eigenvalue weighted by Gasteiger charge is -2.02. The Balaban J connectivity index is 2.64. The van der Waals surface area contributed by atoms with Crippen LogP contribution >= 0.6 is 0 Å². The van der Waals surface area contributed by atoms with E-state index in [0.29, 0.717) is 5.88 Å². The first-order valence-electron chi connectivity index (χ1n) is 3.92. The largest absolute Gasteiger partial charge is 0.439 e. The van der Waals surface area contributed by atoms with Crippen molar-refractivity contribution in [1.82, 2.24) is 0 Å². The Labute approximate surface area is 71.9 Å². The lowest BCUT2D eigenvalue weighted by atomic mass is 10.1. The molecule has 0 saturated carbocycles. The first-order valence-corrected chi connectivity index (χ1v) is 3.92. The van der Waals surface area contributed by atoms with Gasteiger partial charge in [0.1, 0.15) is 0 Å². The van der Waals surface area contributed by atoms with Gasteiger partial charge in [0.15, 0.2) is 11.6 Å². The standard InChI is InChI=1S/C10H11NO/c1-6-4-5-7(2)10-9(6)11-8(3)12-10/h4-5,11H,3H2,1-2H3. The Morgan fingerprint density at radius 3 is 2.58 bits per heavy atom. The number of ether oxygens (including phenoxy) is 1. The molecule has 0 radical (unpaired) electrons. The molecule has 1 N–H and O–H groups in total. The van der Waals surface area contributed by atoms with Gasteiger partial charge >= 0.3 is 0 Å². The summed E-state index contributed by atoms with van der Waals surface area (Å²) in [6.45, 7) is 7.79. The molecule has 0 atom stereocenters. The Kier molecular flexibility index (Phi) is 1.37. The van der Waals surface area contributed by atoms with Crippen LogP contribution < -0.4 is 10.1 Å². The summed E-state index contributed by atoms with van der Waals surface area (Å²) in [5, 5.41) is 3.09. The van der Waals surface area contributed by atoms with Gasteiger partial charge in [0.25, 0.3) is 0 Å². The quantitative estimate of drug-likeness (QED) is 0.631. The van der Waals surface area contributed by atoms with E-state index in [1.54, 1.807) is 0 Å². The van der Waals surface area contributed by atoms with Crippen molar-refractivity contribution in [3.8, 4) is 5.75 Å². The Morgan fingerprint density at radius 1 is 1.25 bits per heavy atom. The zero-order valence-electron chi connectivity index (χ0n) is 7.27. The maximum absolute atomic E-state index is 5.41. The van der Waals surface area contributed by atoms with Crippen LogP contribution in [0.5, 0.6) is 5.75 Å². The highest BCUT2D eigenvalue weighted by atomic mass is 16.5. The van der Waals surface area contributed by atoms with E-state index in [1.807, 2.05) is 13.8 Å². The normalized spacial score (nSPS) is 13.7. The average Bonchev–Trinajstić information content (AvgIpc) is 2.41. The molecule has 62 valence electrons. The summed E-state index contributed by atoms with van der Waals surface area (Å²) in [7, 11) is 0. The predicted octanol–water partition coefficient (Wildman–Crippen LogP) is 2.58. The summed E-state index contributed by atoms with van der Waals surface area (Å²) >= 11 is 0. The van der Waals surface area contributed by atoms with Crippen molar-refractivity contribution < 1.29 is 4.74 Å². The number of hydrogen-bond donors (Lipinski definition) is 1. The van der Waals surface area contributed by atoms with Gasteiger partial charge in [-0.25, -0.2) is 0 Å². The molecule has 0 spiro atoms. The lowest BCUT2D eigenvalue weighted by molar-refractivity contribution is 0.456. The predicted molar refractivity (Wildman–Crippen MR) is 49.3 cm³/mol. The monoisotopic (exact) mass is 161 g/mol. The smallest absolute Gasteiger partial charge is 0.190 e. The van der Waals surface area contributed by atoms with Gasteiger partial charge in [-0.05, 0) is 31.6 Å². The lowest BCUT2D eigenvalue weighted by Crippen LogP contribution is -1.93. The van der Waals surface area contributed by atoms with Gasteiger partial charge in [0, 0.05) is 0 Å². The molecule has 1 aliphatic heterocycles. The van der Waals surface area contributed by atoms with Gasteiger partial charge in [-0.2, -0.15) is 0 Å². The van der Waals surface area contributed by atoms with Crippen molar-refractivity contribution in [2.75, 3.05) is 5.32 Å². The molecule has 1 heterocycles. The second-order valence-electron chi connectivity index (χ2n) is 3.05. The first kappa shape index (κ1) is 7.22. The molecule has 0 aromatic heterocycles. The third-order valence-electron chi connectivity index (χ3n) is 2.05. The Hall–Kier alpha value is -1.44. The van der Waals surface area contributed by atoms with Crippen molar-refractivity contribution >= 4 is 5.69 Å². The molecule has 0 amide bonds. The maximum Gasteiger partial charge on any atom is 0.190 e. The number of aryl methyl sites for hydroxylation is 2. The van der Waals surface area contributed by atoms with Gasteiger partial charge < -0.3 is 10.1 Å². The molecule has 12 heavy (non-hydrogen) atoms. The number of benzene rings is 1. The summed E-state index contributed by atoms with van der Waals surface area (Å²) in [6.07, 6.45) is 0. The van der Waals surface area contributed by atoms with E-state index in [-0.39, 0.29) is 0 Å². The topological polar surface area (TPSA) is 21.3 Å². The van der Waals surface area contributed by atoms with Crippen LogP contribution in [0.4, 0.5) is 5.69 Å². The van der Waals surface area contributed by atoms with Gasteiger partial charge in [0.05, 0.1) is 5.69 Å². The van der Waals surface area contributed by atoms with E-state index in [9.17, 15) is 0 Å². The molecule has 0 saturated heterocycles. The van der Waals surface area contributed by atoms with Crippen LogP contribution in [0.3, 0.4) is 0 Å². The van der Waals surface area contributed by atoms with Gasteiger partial charge in [-0.15, -0.1) is 0 Å². The van der Waals surface area contributed by atoms with Crippen LogP contribution in [0.2, 0.25) is 0 Å². The molecule has 2 nitrogen and oxygen atoms in total. The molecule has 2 rings (SSSR count). The Bertz CT molecular complexity index is 322. The van der Waals surface area contributed by atoms with Crippen LogP contribution in [-0.2, 0) is 0 Å². The summed E-state index contributed by atoms with van der Waals surface area (Å²) in [5.41, 5.74) is 3.39. The SMILES string of the molecule is C=C1Nc2c(C)ccc(C)c2O1. The number of hydrogen-bond acceptors (Lipinski definition) is 2. The van der Waals surface area contributed by atoms with Crippen molar-refractivity contribution in [3.63, 3.8) is 0 Å². The van der Waals surface area contributed by atoms with E-state index in [4.69, 9.17) is 4.74 Å². The zero-order valence-corrected chi connectivity index (χ0v) is 7.27. The molecular formula is C10H11NO. The number of nitrogens with one attached hydrogen (secondary N) is 1. The van der Waals surface area contributed by atoms with Gasteiger partial charge in [-0.1, -0.05) is 12.1 Å². The van der Waals surface area contributed by atoms with Crippen molar-refractivity contribution in [3.05, 3.63) is 35.7 Å². The number of rotatable bonds is 0. The molecule has 0 unspecified atom stereocenters. The molecule has 0 fully saturated rings. The average molecular weight is 161 g/mol. The van der Waals surface area contributed by atoms with Crippen LogP contribution in [0, 0.1) is 13.8 Å². The van der Waals surface area contributed by atoms with Crippen molar-refractivity contribution in [2.45, 2.75) is 13.8 Å². The third kappa shape index (κ3) is 0.881. The highest BCUT2D eigenvalue weighted by molar-refractivity contribution is 5.70. The van der Waals surface area contributed by atoms with E-state index in [1.165, 1.54) is 5.56 Å². The van der Waals surface area contributed by atoms with Crippen molar-refractivity contribution in [2.24, 2.45) is 0 Å². The molecule has 1 aliphatic rings. The molecule has 1 aromatic rings. The highest BCUT2D eigenvalue weighted by Gasteiger charge is 2.18. The molecule has 1 aromatic carbocycles. The zero-order chi connectivity index (χ0) is 8.72. The molecule has 0 bridgehead atoms. The summed E-state index contributed by atoms with van der Waals surface area (Å²) in [4.78, 5) is 0. The van der Waals surface area contributed by atoms with E-state index in [2.05, 4.69) is 24.0 Å². The summed E-state index contributed by atoms with van der Waals surface area (Å²) < 4.78 is 5.41. The van der Waals surface area contributed by atoms with Gasteiger partial charge in [0.2, 0.25) is 0 Å². The maximum atomic E-state index is 5.41. The van der Waals surface area contributed by atoms with Crippen LogP contribution in [0.15, 0.2) is 24.6 Å². The third-order valence-corrected chi connectivity index (χ3v) is 2.05. The van der Waals surface area contributed by atoms with Gasteiger partial charge in [-0.3, -0.25) is 0 Å². The van der Waals surface area contributed by atoms with Crippen LogP contribution in [-0.4, -0.2) is 0 Å². The van der Waals surface area contributed by atoms with E-state index >= 15 is 0 Å². The number of fused-ring (bicyclic) bond motifs is 1. The first-order chi connectivity index (χ1) is 5.68. The summed E-state index contributed by atoms with van der Waals surface area (Å²) in [5.74, 6) is 1.53. The molecule has 0 aliphatic carbocycles. The Morgan fingerprint density at radius 2 is 1.92 bits per heavy atom. The molecular weight excluding hydrogens is 150 g/mol.